The molecule has 3 aliphatic carbocycles. The fraction of sp³-hybridized carbons (Fsp3) is 0.490. The second-order valence-electron chi connectivity index (χ2n) is 16.7. The number of unbranched alkanes of at least 4 members (excludes halogenated alkanes) is 2. The molecule has 0 unspecified atom stereocenters. The fourth-order valence-corrected chi connectivity index (χ4v) is 10.0. The number of rotatable bonds is 21. The van der Waals surface area contributed by atoms with Crippen molar-refractivity contribution in [1.82, 2.24) is 4.90 Å². The van der Waals surface area contributed by atoms with Crippen LogP contribution in [-0.2, 0) is 20.9 Å². The molecule has 2 heterocycles. The first-order chi connectivity index (χ1) is 30.4. The number of ether oxygens (including phenoxy) is 6. The van der Waals surface area contributed by atoms with Crippen molar-refractivity contribution < 1.29 is 53.1 Å². The molecule has 2 fully saturated rings. The number of aldehydes is 1. The van der Waals surface area contributed by atoms with Crippen LogP contribution in [0.2, 0.25) is 0 Å². The molecule has 0 saturated heterocycles. The van der Waals surface area contributed by atoms with E-state index in [-0.39, 0.29) is 62.7 Å². The van der Waals surface area contributed by atoms with E-state index in [1.54, 1.807) is 24.3 Å². The molecule has 1 amide bonds. The summed E-state index contributed by atoms with van der Waals surface area (Å²) in [7, 11) is 1.52. The van der Waals surface area contributed by atoms with Crippen LogP contribution in [0.4, 0.5) is 0 Å². The minimum Gasteiger partial charge on any atom is -0.496 e. The van der Waals surface area contributed by atoms with Crippen molar-refractivity contribution in [3.63, 3.8) is 0 Å². The molecule has 13 heteroatoms. The van der Waals surface area contributed by atoms with Gasteiger partial charge in [0.05, 0.1) is 30.9 Å². The van der Waals surface area contributed by atoms with E-state index >= 15 is 0 Å². The Kier molecular flexibility index (Phi) is 13.5. The monoisotopic (exact) mass is 850 g/mol. The summed E-state index contributed by atoms with van der Waals surface area (Å²) in [5.41, 5.74) is 3.87. The van der Waals surface area contributed by atoms with Gasteiger partial charge >= 0.3 is 0 Å². The van der Waals surface area contributed by atoms with Crippen molar-refractivity contribution in [3.05, 3.63) is 95.6 Å². The van der Waals surface area contributed by atoms with Gasteiger partial charge in [0.15, 0.2) is 17.8 Å². The maximum absolute atomic E-state index is 14.9. The number of benzene rings is 3. The van der Waals surface area contributed by atoms with Gasteiger partial charge in [-0.2, -0.15) is 0 Å². The maximum atomic E-state index is 14.9. The van der Waals surface area contributed by atoms with Gasteiger partial charge in [0, 0.05) is 43.6 Å². The number of amides is 1. The van der Waals surface area contributed by atoms with Gasteiger partial charge in [-0.05, 0) is 117 Å². The number of hydrogen-bond acceptors (Lipinski definition) is 12. The molecule has 2 N–H and O–H groups in total. The first kappa shape index (κ1) is 43.3. The Morgan fingerprint density at radius 2 is 1.73 bits per heavy atom. The lowest BCUT2D eigenvalue weighted by Gasteiger charge is -2.60. The zero-order valence-corrected chi connectivity index (χ0v) is 35.7. The second-order valence-corrected chi connectivity index (χ2v) is 16.7. The third-order valence-electron chi connectivity index (χ3n) is 12.9. The lowest BCUT2D eigenvalue weighted by Crippen LogP contribution is -2.70. The van der Waals surface area contributed by atoms with Crippen molar-refractivity contribution >= 4 is 17.9 Å². The van der Waals surface area contributed by atoms with Gasteiger partial charge in [-0.15, -0.1) is 6.58 Å². The van der Waals surface area contributed by atoms with Crippen LogP contribution in [0.3, 0.4) is 0 Å². The number of fused-ring (bicyclic) bond motifs is 3. The zero-order chi connectivity index (χ0) is 43.2. The van der Waals surface area contributed by atoms with E-state index in [0.717, 1.165) is 67.2 Å². The largest absolute Gasteiger partial charge is 0.496 e. The number of carbonyl (C=O) groups excluding carboxylic acids is 2. The molecular weight excluding hydrogens is 793 g/mol. The highest BCUT2D eigenvalue weighted by molar-refractivity contribution is 6.03. The molecule has 0 bridgehead atoms. The van der Waals surface area contributed by atoms with E-state index in [0.29, 0.717) is 65.9 Å². The number of methoxy groups -OCH3 is 1. The molecule has 8 rings (SSSR count). The molecule has 3 aromatic rings. The van der Waals surface area contributed by atoms with Crippen molar-refractivity contribution in [3.8, 4) is 34.5 Å². The molecule has 6 atom stereocenters. The van der Waals surface area contributed by atoms with Crippen LogP contribution in [0, 0.1) is 23.7 Å². The van der Waals surface area contributed by atoms with Gasteiger partial charge in [0.1, 0.15) is 35.6 Å². The highest BCUT2D eigenvalue weighted by Gasteiger charge is 2.66. The minimum atomic E-state index is -1.40. The normalized spacial score (nSPS) is 24.9. The number of allylic oxidation sites excluding steroid dienone is 1. The summed E-state index contributed by atoms with van der Waals surface area (Å²) >= 11 is 0. The molecule has 2 aliphatic heterocycles. The van der Waals surface area contributed by atoms with Gasteiger partial charge in [0.2, 0.25) is 18.5 Å². The van der Waals surface area contributed by atoms with E-state index in [9.17, 15) is 19.8 Å². The first-order valence-electron chi connectivity index (χ1n) is 22.1. The molecule has 13 nitrogen and oxygen atoms in total. The second kappa shape index (κ2) is 19.3. The zero-order valence-electron chi connectivity index (χ0n) is 35.7. The number of oxime groups is 1. The molecular formula is C49H58N2O11. The summed E-state index contributed by atoms with van der Waals surface area (Å²) < 4.78 is 37.8. The topological polar surface area (TPSA) is 155 Å². The van der Waals surface area contributed by atoms with E-state index in [4.69, 9.17) is 38.4 Å². The van der Waals surface area contributed by atoms with E-state index in [1.807, 2.05) is 48.2 Å². The number of nitrogens with zero attached hydrogens (tertiary/aromatic N) is 2. The van der Waals surface area contributed by atoms with E-state index in [2.05, 4.69) is 12.7 Å². The van der Waals surface area contributed by atoms with Crippen LogP contribution < -0.4 is 23.7 Å². The molecule has 0 radical (unpaired) electrons. The summed E-state index contributed by atoms with van der Waals surface area (Å²) in [6.45, 7) is 7.06. The van der Waals surface area contributed by atoms with Crippen LogP contribution in [0.5, 0.6) is 34.5 Å². The van der Waals surface area contributed by atoms with Gasteiger partial charge in [-0.1, -0.05) is 36.2 Å². The highest BCUT2D eigenvalue weighted by atomic mass is 16.7. The van der Waals surface area contributed by atoms with Crippen LogP contribution in [0.15, 0.2) is 84.1 Å². The summed E-state index contributed by atoms with van der Waals surface area (Å²) in [6.07, 6.45) is 11.3. The predicted molar refractivity (Wildman–Crippen MR) is 231 cm³/mol. The lowest BCUT2D eigenvalue weighted by molar-refractivity contribution is -0.258. The number of hydrogen-bond donors (Lipinski definition) is 2. The third-order valence-corrected chi connectivity index (χ3v) is 12.9. The molecule has 0 aromatic heterocycles. The Hall–Kier alpha value is -5.37. The van der Waals surface area contributed by atoms with Crippen LogP contribution in [0.25, 0.3) is 0 Å². The molecule has 5 aliphatic rings. The van der Waals surface area contributed by atoms with Crippen molar-refractivity contribution in [1.29, 1.82) is 0 Å². The number of carbonyl (C=O) groups is 2. The van der Waals surface area contributed by atoms with E-state index in [1.165, 1.54) is 7.11 Å². The highest BCUT2D eigenvalue weighted by Crippen LogP contribution is 2.62. The van der Waals surface area contributed by atoms with Crippen LogP contribution in [0.1, 0.15) is 92.1 Å². The van der Waals surface area contributed by atoms with Crippen molar-refractivity contribution in [2.24, 2.45) is 28.8 Å². The quantitative estimate of drug-likeness (QED) is 0.0462. The Morgan fingerprint density at radius 3 is 2.47 bits per heavy atom. The van der Waals surface area contributed by atoms with Gasteiger partial charge in [-0.25, -0.2) is 0 Å². The van der Waals surface area contributed by atoms with Crippen LogP contribution >= 0.6 is 0 Å². The molecule has 3 aromatic carbocycles. The first-order valence-corrected chi connectivity index (χ1v) is 22.1. The molecule has 62 heavy (non-hydrogen) atoms. The molecule has 2 saturated carbocycles. The summed E-state index contributed by atoms with van der Waals surface area (Å²) in [4.78, 5) is 34.6. The maximum Gasteiger partial charge on any atom is 0.239 e. The average Bonchev–Trinajstić information content (AvgIpc) is 4.04. The summed E-state index contributed by atoms with van der Waals surface area (Å²) in [5, 5.41) is 24.7. The number of aliphatic hydroxyl groups excluding tert-OH is 2. The number of aliphatic hydroxyl groups is 2. The average molecular weight is 851 g/mol. The predicted octanol–water partition coefficient (Wildman–Crippen LogP) is 8.12. The Balaban J connectivity index is 1.31. The molecule has 330 valence electrons. The smallest absolute Gasteiger partial charge is 0.239 e. The Bertz CT molecular complexity index is 2170. The standard InChI is InChI=1S/C49H58N2O11/c1-4-22-59-49-45(51(48(55)32-13-14-32)28-31-12-17-43-44(23-31)58-30-57-43)27-40(50-60-5-2)38-25-33(10-6-8-20-52)37(11-7-9-21-53)46(47(38)49)39-26-36(16-19-42(39)62-49)61-35-15-18-41(56-3)34(24-35)29-54/h4,12,15-19,23-26,29,32-33,37,45-47,52-53H,1,5-11,13-14,20-22,27-28,30H2,2-3H3/t33-,37+,45-,46+,47+,49+/m0/s1. The van der Waals surface area contributed by atoms with Gasteiger partial charge in [0.25, 0.3) is 0 Å². The Labute approximate surface area is 363 Å². The lowest BCUT2D eigenvalue weighted by atomic mass is 9.55. The third kappa shape index (κ3) is 8.67. The van der Waals surface area contributed by atoms with Gasteiger partial charge < -0.3 is 48.4 Å². The Morgan fingerprint density at radius 1 is 0.968 bits per heavy atom. The fourth-order valence-electron chi connectivity index (χ4n) is 10.0. The van der Waals surface area contributed by atoms with Gasteiger partial charge in [-0.3, -0.25) is 9.59 Å². The summed E-state index contributed by atoms with van der Waals surface area (Å²) in [6, 6.07) is 16.1. The van der Waals surface area contributed by atoms with Crippen molar-refractivity contribution in [2.75, 3.05) is 40.3 Å². The summed E-state index contributed by atoms with van der Waals surface area (Å²) in [5.74, 6) is 1.31. The SMILES string of the molecule is C=CCO[C@@]12Oc3ccc(Oc4ccc(OC)c(C=O)c4)cc3[C@H]3[C@H](CCCCO)[C@@H](CCCCO)C=C(C(=NOCC)C[C@@H]1N(Cc1ccc4c(c1)OCO4)C(=O)C1CC1)[C@H]32. The van der Waals surface area contributed by atoms with E-state index < -0.39 is 17.7 Å². The van der Waals surface area contributed by atoms with Crippen LogP contribution in [-0.4, -0.2) is 85.2 Å². The minimum absolute atomic E-state index is 0.0264. The molecule has 0 spiro atoms. The van der Waals surface area contributed by atoms with Crippen molar-refractivity contribution in [2.45, 2.75) is 89.0 Å².